The van der Waals surface area contributed by atoms with Gasteiger partial charge in [0, 0.05) is 12.0 Å². The van der Waals surface area contributed by atoms with Crippen LogP contribution in [-0.4, -0.2) is 19.6 Å². The first-order valence-electron chi connectivity index (χ1n) is 6.37. The molecule has 106 valence electrons. The van der Waals surface area contributed by atoms with Gasteiger partial charge in [-0.15, -0.1) is 0 Å². The lowest BCUT2D eigenvalue weighted by atomic mass is 10.1. The molecule has 3 rings (SSSR count). The van der Waals surface area contributed by atoms with Gasteiger partial charge < -0.3 is 9.52 Å². The molecule has 1 aliphatic rings. The Morgan fingerprint density at radius 1 is 1.20 bits per heavy atom. The first-order valence-corrected chi connectivity index (χ1v) is 7.85. The summed E-state index contributed by atoms with van der Waals surface area (Å²) in [5.74, 6) is 0.457. The van der Waals surface area contributed by atoms with Crippen LogP contribution in [0.15, 0.2) is 52.0 Å². The smallest absolute Gasteiger partial charge is 0.274 e. The summed E-state index contributed by atoms with van der Waals surface area (Å²) in [5, 5.41) is 8.74. The number of benzene rings is 1. The topological polar surface area (TPSA) is 79.5 Å². The van der Waals surface area contributed by atoms with Crippen LogP contribution in [0, 0.1) is 0 Å². The number of furan rings is 1. The van der Waals surface area contributed by atoms with E-state index in [0.29, 0.717) is 0 Å². The van der Waals surface area contributed by atoms with E-state index in [2.05, 4.69) is 4.72 Å². The van der Waals surface area contributed by atoms with Gasteiger partial charge in [-0.2, -0.15) is 0 Å². The second-order valence-electron chi connectivity index (χ2n) is 4.86. The summed E-state index contributed by atoms with van der Waals surface area (Å²) in [6, 6.07) is 12.5. The van der Waals surface area contributed by atoms with Gasteiger partial charge in [-0.1, -0.05) is 30.3 Å². The normalized spacial score (nSPS) is 21.9. The minimum Gasteiger partial charge on any atom is -0.446 e. The fraction of sp³-hybridized carbons (Fsp3) is 0.286. The zero-order valence-electron chi connectivity index (χ0n) is 10.7. The van der Waals surface area contributed by atoms with Gasteiger partial charge in [0.15, 0.2) is 0 Å². The van der Waals surface area contributed by atoms with Gasteiger partial charge >= 0.3 is 0 Å². The molecular weight excluding hydrogens is 278 g/mol. The van der Waals surface area contributed by atoms with Crippen LogP contribution < -0.4 is 4.72 Å². The molecule has 2 aromatic rings. The molecule has 1 heterocycles. The number of hydrogen-bond acceptors (Lipinski definition) is 4. The number of aliphatic hydroxyl groups excluding tert-OH is 1. The average Bonchev–Trinajstić information content (AvgIpc) is 3.02. The van der Waals surface area contributed by atoms with Crippen molar-refractivity contribution in [2.45, 2.75) is 30.1 Å². The van der Waals surface area contributed by atoms with E-state index in [-0.39, 0.29) is 29.4 Å². The minimum atomic E-state index is -3.65. The molecular formula is C14H15NO4S. The third kappa shape index (κ3) is 2.63. The molecule has 1 aliphatic carbocycles. The van der Waals surface area contributed by atoms with Crippen molar-refractivity contribution >= 4 is 10.0 Å². The van der Waals surface area contributed by atoms with E-state index in [9.17, 15) is 8.42 Å². The third-order valence-corrected chi connectivity index (χ3v) is 4.74. The molecule has 0 spiro atoms. The lowest BCUT2D eigenvalue weighted by Crippen LogP contribution is -2.26. The van der Waals surface area contributed by atoms with E-state index in [1.807, 2.05) is 30.3 Å². The van der Waals surface area contributed by atoms with Gasteiger partial charge in [0.25, 0.3) is 10.0 Å². The molecule has 1 aromatic heterocycles. The summed E-state index contributed by atoms with van der Waals surface area (Å²) >= 11 is 0. The Hall–Kier alpha value is -1.63. The Kier molecular flexibility index (Phi) is 3.37. The summed E-state index contributed by atoms with van der Waals surface area (Å²) in [4.78, 5) is 0. The van der Waals surface area contributed by atoms with Crippen molar-refractivity contribution in [3.8, 4) is 0 Å². The third-order valence-electron chi connectivity index (χ3n) is 3.38. The van der Waals surface area contributed by atoms with Crippen molar-refractivity contribution in [1.82, 2.24) is 4.72 Å². The van der Waals surface area contributed by atoms with Crippen LogP contribution in [0.2, 0.25) is 0 Å². The molecule has 6 heteroatoms. The quantitative estimate of drug-likeness (QED) is 0.877. The molecule has 1 fully saturated rings. The Bertz CT molecular complexity index is 693. The zero-order chi connectivity index (χ0) is 14.2. The van der Waals surface area contributed by atoms with E-state index in [1.54, 1.807) is 0 Å². The zero-order valence-corrected chi connectivity index (χ0v) is 11.5. The van der Waals surface area contributed by atoms with Crippen LogP contribution >= 0.6 is 0 Å². The predicted octanol–water partition coefficient (Wildman–Crippen LogP) is 1.61. The van der Waals surface area contributed by atoms with Crippen molar-refractivity contribution in [2.24, 2.45) is 0 Å². The number of sulfonamides is 1. The van der Waals surface area contributed by atoms with E-state index < -0.39 is 10.0 Å². The maximum Gasteiger partial charge on any atom is 0.274 e. The van der Waals surface area contributed by atoms with Crippen LogP contribution in [0.1, 0.15) is 23.7 Å². The van der Waals surface area contributed by atoms with Crippen LogP contribution in [0.3, 0.4) is 0 Å². The van der Waals surface area contributed by atoms with Crippen molar-refractivity contribution in [2.75, 3.05) is 0 Å². The number of rotatable bonds is 5. The molecule has 0 aliphatic heterocycles. The predicted molar refractivity (Wildman–Crippen MR) is 72.5 cm³/mol. The van der Waals surface area contributed by atoms with Crippen molar-refractivity contribution in [3.63, 3.8) is 0 Å². The van der Waals surface area contributed by atoms with Crippen LogP contribution in [0.4, 0.5) is 0 Å². The molecule has 0 amide bonds. The number of nitrogens with one attached hydrogen (secondary N) is 1. The molecule has 5 nitrogen and oxygen atoms in total. The van der Waals surface area contributed by atoms with Gasteiger partial charge in [0.1, 0.15) is 12.4 Å². The van der Waals surface area contributed by atoms with Gasteiger partial charge in [0.2, 0.25) is 5.09 Å². The Morgan fingerprint density at radius 3 is 2.60 bits per heavy atom. The second-order valence-corrected chi connectivity index (χ2v) is 6.50. The van der Waals surface area contributed by atoms with E-state index >= 15 is 0 Å². The van der Waals surface area contributed by atoms with Gasteiger partial charge in [-0.05, 0) is 24.1 Å². The van der Waals surface area contributed by atoms with Gasteiger partial charge in [-0.3, -0.25) is 0 Å². The maximum absolute atomic E-state index is 12.1. The van der Waals surface area contributed by atoms with Crippen molar-refractivity contribution in [3.05, 3.63) is 53.8 Å². The lowest BCUT2D eigenvalue weighted by Gasteiger charge is -2.04. The fourth-order valence-electron chi connectivity index (χ4n) is 2.24. The first-order chi connectivity index (χ1) is 9.60. The van der Waals surface area contributed by atoms with E-state index in [1.165, 1.54) is 12.1 Å². The van der Waals surface area contributed by atoms with Crippen LogP contribution in [0.25, 0.3) is 0 Å². The molecule has 2 unspecified atom stereocenters. The highest BCUT2D eigenvalue weighted by Gasteiger charge is 2.41. The highest BCUT2D eigenvalue weighted by molar-refractivity contribution is 7.89. The number of aliphatic hydroxyl groups is 1. The highest BCUT2D eigenvalue weighted by atomic mass is 32.2. The molecule has 1 saturated carbocycles. The van der Waals surface area contributed by atoms with Crippen LogP contribution in [0.5, 0.6) is 0 Å². The standard InChI is InChI=1S/C14H15NO4S/c16-9-11-6-7-14(19-11)20(17,18)15-13-8-12(13)10-4-2-1-3-5-10/h1-7,12-13,15-16H,8-9H2. The van der Waals surface area contributed by atoms with Crippen LogP contribution in [-0.2, 0) is 16.6 Å². The first kappa shape index (κ1) is 13.4. The largest absolute Gasteiger partial charge is 0.446 e. The van der Waals surface area contributed by atoms with Crippen molar-refractivity contribution < 1.29 is 17.9 Å². The van der Waals surface area contributed by atoms with Gasteiger partial charge in [0.05, 0.1) is 0 Å². The van der Waals surface area contributed by atoms with Gasteiger partial charge in [-0.25, -0.2) is 13.1 Å². The average molecular weight is 293 g/mol. The Morgan fingerprint density at radius 2 is 1.95 bits per heavy atom. The summed E-state index contributed by atoms with van der Waals surface area (Å²) in [6.07, 6.45) is 0.789. The monoisotopic (exact) mass is 293 g/mol. The SMILES string of the molecule is O=S(=O)(NC1CC1c1ccccc1)c1ccc(CO)o1. The van der Waals surface area contributed by atoms with Crippen molar-refractivity contribution in [1.29, 1.82) is 0 Å². The van der Waals surface area contributed by atoms with E-state index in [4.69, 9.17) is 9.52 Å². The fourth-order valence-corrected chi connectivity index (χ4v) is 3.48. The summed E-state index contributed by atoms with van der Waals surface area (Å²) in [6.45, 7) is -0.314. The highest BCUT2D eigenvalue weighted by Crippen LogP contribution is 2.41. The summed E-state index contributed by atoms with van der Waals surface area (Å²) in [5.41, 5.74) is 1.13. The minimum absolute atomic E-state index is 0.0925. The molecule has 0 radical (unpaired) electrons. The Labute approximate surface area is 117 Å². The van der Waals surface area contributed by atoms with E-state index in [0.717, 1.165) is 12.0 Å². The summed E-state index contributed by atoms with van der Waals surface area (Å²) < 4.78 is 31.9. The lowest BCUT2D eigenvalue weighted by molar-refractivity contribution is 0.236. The second kappa shape index (κ2) is 5.05. The number of hydrogen-bond donors (Lipinski definition) is 2. The molecule has 2 atom stereocenters. The maximum atomic E-state index is 12.1. The molecule has 2 N–H and O–H groups in total. The molecule has 1 aromatic carbocycles. The summed E-state index contributed by atoms with van der Waals surface area (Å²) in [7, 11) is -3.65. The molecule has 20 heavy (non-hydrogen) atoms. The Balaban J connectivity index is 1.70. The molecule has 0 bridgehead atoms. The molecule has 0 saturated heterocycles.